The molecule has 4 saturated carbocycles. The zero-order valence-electron chi connectivity index (χ0n) is 33.7. The van der Waals surface area contributed by atoms with Crippen LogP contribution in [0.25, 0.3) is 60.9 Å². The Hall–Kier alpha value is -6.64. The molecule has 1 heterocycles. The first-order valence-corrected chi connectivity index (χ1v) is 22.1. The predicted molar refractivity (Wildman–Crippen MR) is 250 cm³/mol. The number of nitrogens with zero attached hydrogens (tertiary/aromatic N) is 2. The molecular formula is C58H46N2. The van der Waals surface area contributed by atoms with Crippen LogP contribution in [0.3, 0.4) is 0 Å². The summed E-state index contributed by atoms with van der Waals surface area (Å²) in [6.45, 7) is 0. The highest BCUT2D eigenvalue weighted by molar-refractivity contribution is 6.09. The van der Waals surface area contributed by atoms with Crippen LogP contribution in [0, 0.1) is 23.7 Å². The molecule has 0 aliphatic heterocycles. The Morgan fingerprint density at radius 1 is 0.383 bits per heavy atom. The molecule has 0 saturated heterocycles. The molecule has 0 radical (unpaired) electrons. The van der Waals surface area contributed by atoms with Crippen LogP contribution >= 0.6 is 0 Å². The molecule has 2 nitrogen and oxygen atoms in total. The van der Waals surface area contributed by atoms with E-state index in [1.54, 1.807) is 11.1 Å². The van der Waals surface area contributed by atoms with Gasteiger partial charge in [-0.2, -0.15) is 0 Å². The number of hydrogen-bond donors (Lipinski definition) is 0. The van der Waals surface area contributed by atoms with Crippen molar-refractivity contribution in [2.24, 2.45) is 23.7 Å². The number of para-hydroxylation sites is 2. The molecular weight excluding hydrogens is 725 g/mol. The van der Waals surface area contributed by atoms with Gasteiger partial charge in [0.1, 0.15) is 0 Å². The minimum absolute atomic E-state index is 0.115. The number of aromatic nitrogens is 1. The molecule has 5 aliphatic carbocycles. The van der Waals surface area contributed by atoms with E-state index in [0.717, 1.165) is 23.7 Å². The van der Waals surface area contributed by atoms with E-state index in [9.17, 15) is 0 Å². The van der Waals surface area contributed by atoms with Crippen molar-refractivity contribution in [2.45, 2.75) is 37.5 Å². The first-order valence-electron chi connectivity index (χ1n) is 22.1. The summed E-state index contributed by atoms with van der Waals surface area (Å²) in [6, 6.07) is 72.7. The van der Waals surface area contributed by atoms with Gasteiger partial charge in [0, 0.05) is 38.9 Å². The third kappa shape index (κ3) is 5.00. The van der Waals surface area contributed by atoms with Gasteiger partial charge >= 0.3 is 0 Å². The number of hydrogen-bond acceptors (Lipinski definition) is 1. The summed E-state index contributed by atoms with van der Waals surface area (Å²) in [7, 11) is 0. The van der Waals surface area contributed by atoms with Gasteiger partial charge in [0.25, 0.3) is 0 Å². The first-order chi connectivity index (χ1) is 29.7. The minimum atomic E-state index is 0.115. The SMILES string of the molecule is c1ccc(-c2ccc(N(c3ccc(-c4cccc(-n5c6ccccc6c6ccccc65)c4)cc3)c3ccc4c(c3)C3(c5ccccc5-4)[C@H]4CC5C[C@H](C4)C[C@@H]3C5)cc2)cc1. The van der Waals surface area contributed by atoms with Crippen LogP contribution in [-0.2, 0) is 5.41 Å². The fraction of sp³-hybridized carbons (Fsp3) is 0.172. The lowest BCUT2D eigenvalue weighted by molar-refractivity contribution is -0.0399. The summed E-state index contributed by atoms with van der Waals surface area (Å²) in [4.78, 5) is 2.50. The van der Waals surface area contributed by atoms with E-state index in [2.05, 4.69) is 204 Å². The first kappa shape index (κ1) is 34.2. The van der Waals surface area contributed by atoms with Gasteiger partial charge in [-0.3, -0.25) is 0 Å². The van der Waals surface area contributed by atoms with Gasteiger partial charge in [0.2, 0.25) is 0 Å². The lowest BCUT2D eigenvalue weighted by Crippen LogP contribution is -2.55. The van der Waals surface area contributed by atoms with E-state index in [1.165, 1.54) is 110 Å². The molecule has 5 aliphatic rings. The van der Waals surface area contributed by atoms with Crippen LogP contribution in [0.1, 0.15) is 43.2 Å². The third-order valence-electron chi connectivity index (χ3n) is 15.2. The van der Waals surface area contributed by atoms with Crippen molar-refractivity contribution >= 4 is 38.9 Å². The van der Waals surface area contributed by atoms with Gasteiger partial charge in [-0.1, -0.05) is 133 Å². The van der Waals surface area contributed by atoms with Gasteiger partial charge in [-0.15, -0.1) is 0 Å². The second-order valence-corrected chi connectivity index (χ2v) is 18.2. The van der Waals surface area contributed by atoms with Crippen LogP contribution in [-0.4, -0.2) is 4.57 Å². The number of rotatable bonds is 6. The Labute approximate surface area is 352 Å². The van der Waals surface area contributed by atoms with Crippen LogP contribution in [0.2, 0.25) is 0 Å². The average Bonchev–Trinajstić information content (AvgIpc) is 3.79. The van der Waals surface area contributed by atoms with Crippen molar-refractivity contribution in [3.05, 3.63) is 205 Å². The van der Waals surface area contributed by atoms with Crippen molar-refractivity contribution in [3.8, 4) is 39.1 Å². The van der Waals surface area contributed by atoms with Crippen molar-refractivity contribution in [2.75, 3.05) is 4.90 Å². The molecule has 2 heteroatoms. The van der Waals surface area contributed by atoms with Crippen molar-refractivity contribution < 1.29 is 0 Å². The molecule has 0 atom stereocenters. The Bertz CT molecular complexity index is 3020. The molecule has 1 spiro atoms. The summed E-state index contributed by atoms with van der Waals surface area (Å²) < 4.78 is 2.41. The highest BCUT2D eigenvalue weighted by Crippen LogP contribution is 2.69. The zero-order valence-corrected chi connectivity index (χ0v) is 33.7. The van der Waals surface area contributed by atoms with Crippen molar-refractivity contribution in [1.82, 2.24) is 4.57 Å². The average molecular weight is 771 g/mol. The quantitative estimate of drug-likeness (QED) is 0.163. The maximum absolute atomic E-state index is 2.62. The molecule has 4 bridgehead atoms. The van der Waals surface area contributed by atoms with Gasteiger partial charge < -0.3 is 9.47 Å². The molecule has 0 N–H and O–H groups in total. The number of anilines is 3. The minimum Gasteiger partial charge on any atom is -0.310 e. The smallest absolute Gasteiger partial charge is 0.0541 e. The molecule has 1 aromatic heterocycles. The topological polar surface area (TPSA) is 8.17 Å². The van der Waals surface area contributed by atoms with E-state index in [-0.39, 0.29) is 5.41 Å². The molecule has 8 aromatic carbocycles. The van der Waals surface area contributed by atoms with Crippen molar-refractivity contribution in [1.29, 1.82) is 0 Å². The van der Waals surface area contributed by atoms with E-state index in [4.69, 9.17) is 0 Å². The molecule has 0 amide bonds. The number of fused-ring (bicyclic) bond motifs is 6. The Morgan fingerprint density at radius 3 is 1.57 bits per heavy atom. The second-order valence-electron chi connectivity index (χ2n) is 18.2. The van der Waals surface area contributed by atoms with E-state index >= 15 is 0 Å². The van der Waals surface area contributed by atoms with Gasteiger partial charge in [0.05, 0.1) is 11.0 Å². The summed E-state index contributed by atoms with van der Waals surface area (Å²) >= 11 is 0. The van der Waals surface area contributed by atoms with Crippen molar-refractivity contribution in [3.63, 3.8) is 0 Å². The maximum Gasteiger partial charge on any atom is 0.0541 e. The van der Waals surface area contributed by atoms with Crippen LogP contribution in [0.4, 0.5) is 17.1 Å². The summed E-state index contributed by atoms with van der Waals surface area (Å²) in [6.07, 6.45) is 7.00. The highest BCUT2D eigenvalue weighted by atomic mass is 15.1. The monoisotopic (exact) mass is 770 g/mol. The lowest BCUT2D eigenvalue weighted by atomic mass is 9.43. The van der Waals surface area contributed by atoms with E-state index in [1.807, 2.05) is 0 Å². The standard InChI is InChI=1S/C58H46N2/c1-2-11-40(12-3-1)41-21-25-46(26-22-41)59(49-29-30-51-50-15-4-7-18-54(50)58(55(51)37-49)44-32-38-31-39(34-44)35-45(58)33-38)47-27-23-42(24-28-47)43-13-10-14-48(36-43)60-56-19-8-5-16-52(56)53-17-6-9-20-57(53)60/h1-30,36-39,44-45H,31-35H2/t38-,39?,44-,45-,58?/m1/s1. The van der Waals surface area contributed by atoms with Gasteiger partial charge in [0.15, 0.2) is 0 Å². The number of benzene rings is 8. The Kier molecular flexibility index (Phi) is 7.52. The Morgan fingerprint density at radius 2 is 0.900 bits per heavy atom. The molecule has 0 unspecified atom stereocenters. The normalized spacial score (nSPS) is 22.1. The molecule has 4 fully saturated rings. The molecule has 288 valence electrons. The van der Waals surface area contributed by atoms with E-state index < -0.39 is 0 Å². The summed E-state index contributed by atoms with van der Waals surface area (Å²) in [5.41, 5.74) is 18.3. The predicted octanol–water partition coefficient (Wildman–Crippen LogP) is 15.3. The molecule has 9 aromatic rings. The van der Waals surface area contributed by atoms with Gasteiger partial charge in [-0.25, -0.2) is 0 Å². The zero-order chi connectivity index (χ0) is 39.4. The molecule has 60 heavy (non-hydrogen) atoms. The highest BCUT2D eigenvalue weighted by Gasteiger charge is 2.61. The fourth-order valence-corrected chi connectivity index (χ4v) is 13.0. The summed E-state index contributed by atoms with van der Waals surface area (Å²) in [5, 5.41) is 2.56. The Balaban J connectivity index is 0.929. The molecule has 14 rings (SSSR count). The largest absolute Gasteiger partial charge is 0.310 e. The fourth-order valence-electron chi connectivity index (χ4n) is 13.0. The van der Waals surface area contributed by atoms with Crippen LogP contribution in [0.5, 0.6) is 0 Å². The van der Waals surface area contributed by atoms with Crippen LogP contribution in [0.15, 0.2) is 194 Å². The maximum atomic E-state index is 2.62. The summed E-state index contributed by atoms with van der Waals surface area (Å²) in [5.74, 6) is 3.28. The second kappa shape index (κ2) is 13.2. The van der Waals surface area contributed by atoms with Gasteiger partial charge in [-0.05, 0) is 161 Å². The van der Waals surface area contributed by atoms with E-state index in [0.29, 0.717) is 0 Å². The third-order valence-corrected chi connectivity index (χ3v) is 15.2. The van der Waals surface area contributed by atoms with Crippen LogP contribution < -0.4 is 4.90 Å². The lowest BCUT2D eigenvalue weighted by Gasteiger charge is -2.61.